The Balaban J connectivity index is 2.81. The molecule has 0 radical (unpaired) electrons. The molecule has 0 aromatic heterocycles. The molecule has 0 aliphatic rings. The van der Waals surface area contributed by atoms with Crippen LogP contribution in [0.2, 0.25) is 0 Å². The lowest BCUT2D eigenvalue weighted by molar-refractivity contribution is 0.137. The summed E-state index contributed by atoms with van der Waals surface area (Å²) in [6, 6.07) is 1.75. The van der Waals surface area contributed by atoms with Crippen molar-refractivity contribution in [3.63, 3.8) is 0 Å². The average molecular weight is 247 g/mol. The molecule has 1 N–H and O–H groups in total. The van der Waals surface area contributed by atoms with E-state index in [1.165, 1.54) is 0 Å². The zero-order valence-corrected chi connectivity index (χ0v) is 9.90. The van der Waals surface area contributed by atoms with Crippen LogP contribution in [0.15, 0.2) is 12.1 Å². The fourth-order valence-electron chi connectivity index (χ4n) is 1.60. The van der Waals surface area contributed by atoms with E-state index in [4.69, 9.17) is 4.74 Å². The van der Waals surface area contributed by atoms with Gasteiger partial charge in [-0.3, -0.25) is 0 Å². The molecule has 0 aliphatic heterocycles. The molecule has 1 rings (SSSR count). The second-order valence-corrected chi connectivity index (χ2v) is 3.63. The molecule has 17 heavy (non-hydrogen) atoms. The van der Waals surface area contributed by atoms with Gasteiger partial charge in [-0.05, 0) is 38.1 Å². The number of benzene rings is 1. The Morgan fingerprint density at radius 2 is 1.82 bits per heavy atom. The molecular weight excluding hydrogens is 231 g/mol. The first-order valence-electron chi connectivity index (χ1n) is 5.49. The summed E-state index contributed by atoms with van der Waals surface area (Å²) in [4.78, 5) is 0. The molecule has 0 bridgehead atoms. The van der Waals surface area contributed by atoms with E-state index in [0.717, 1.165) is 12.1 Å². The molecule has 0 saturated heterocycles. The van der Waals surface area contributed by atoms with Crippen molar-refractivity contribution in [3.05, 3.63) is 35.1 Å². The molecular formula is C12H16F3NO. The largest absolute Gasteiger partial charge is 0.382 e. The fourth-order valence-corrected chi connectivity index (χ4v) is 1.60. The summed E-state index contributed by atoms with van der Waals surface area (Å²) in [7, 11) is 1.68. The third kappa shape index (κ3) is 3.71. The molecule has 0 fully saturated rings. The molecule has 0 amide bonds. The quantitative estimate of drug-likeness (QED) is 0.616. The maximum atomic E-state index is 13.1. The third-order valence-electron chi connectivity index (χ3n) is 2.51. The van der Waals surface area contributed by atoms with Gasteiger partial charge in [0.25, 0.3) is 0 Å². The molecule has 1 aromatic rings. The van der Waals surface area contributed by atoms with Crippen LogP contribution in [0.5, 0.6) is 0 Å². The van der Waals surface area contributed by atoms with E-state index in [1.54, 1.807) is 7.05 Å². The first-order chi connectivity index (χ1) is 8.10. The summed E-state index contributed by atoms with van der Waals surface area (Å²) in [5.74, 6) is -3.78. The summed E-state index contributed by atoms with van der Waals surface area (Å²) in [6.45, 7) is 2.93. The molecule has 0 spiro atoms. The second kappa shape index (κ2) is 6.61. The Bertz CT molecular complexity index is 348. The Kier molecular flexibility index (Phi) is 5.44. The van der Waals surface area contributed by atoms with Crippen LogP contribution in [0.4, 0.5) is 13.2 Å². The zero-order chi connectivity index (χ0) is 12.8. The maximum Gasteiger partial charge on any atom is 0.194 e. The van der Waals surface area contributed by atoms with Gasteiger partial charge in [0.05, 0.1) is 0 Å². The third-order valence-corrected chi connectivity index (χ3v) is 2.51. The average Bonchev–Trinajstić information content (AvgIpc) is 2.31. The Morgan fingerprint density at radius 3 is 2.29 bits per heavy atom. The van der Waals surface area contributed by atoms with Crippen LogP contribution < -0.4 is 5.32 Å². The minimum Gasteiger partial charge on any atom is -0.382 e. The Labute approximate surface area is 98.8 Å². The number of ether oxygens (including phenoxy) is 1. The lowest BCUT2D eigenvalue weighted by atomic mass is 10.0. The summed E-state index contributed by atoms with van der Waals surface area (Å²) >= 11 is 0. The Morgan fingerprint density at radius 1 is 1.24 bits per heavy atom. The van der Waals surface area contributed by atoms with E-state index >= 15 is 0 Å². The highest BCUT2D eigenvalue weighted by molar-refractivity contribution is 5.22. The predicted octanol–water partition coefficient (Wildman–Crippen LogP) is 2.79. The summed E-state index contributed by atoms with van der Waals surface area (Å²) in [5, 5.41) is 2.92. The second-order valence-electron chi connectivity index (χ2n) is 3.63. The normalized spacial score (nSPS) is 12.8. The highest BCUT2D eigenvalue weighted by Gasteiger charge is 2.16. The molecule has 1 atom stereocenters. The Hall–Kier alpha value is -1.07. The van der Waals surface area contributed by atoms with E-state index in [9.17, 15) is 13.2 Å². The van der Waals surface area contributed by atoms with Crippen LogP contribution in [0.3, 0.4) is 0 Å². The van der Waals surface area contributed by atoms with Crippen LogP contribution in [0.1, 0.15) is 24.9 Å². The molecule has 2 nitrogen and oxygen atoms in total. The summed E-state index contributed by atoms with van der Waals surface area (Å²) in [5.41, 5.74) is 0.378. The van der Waals surface area contributed by atoms with Crippen molar-refractivity contribution in [2.24, 2.45) is 0 Å². The van der Waals surface area contributed by atoms with E-state index in [1.807, 2.05) is 6.92 Å². The first-order valence-corrected chi connectivity index (χ1v) is 5.49. The van der Waals surface area contributed by atoms with Crippen molar-refractivity contribution < 1.29 is 17.9 Å². The van der Waals surface area contributed by atoms with Gasteiger partial charge in [-0.15, -0.1) is 0 Å². The highest BCUT2D eigenvalue weighted by Crippen LogP contribution is 2.21. The lowest BCUT2D eigenvalue weighted by Crippen LogP contribution is -2.19. The standard InChI is InChI=1S/C12H16F3NO/c1-3-17-5-4-11(16-2)8-6-9(13)12(15)10(14)7-8/h6-7,11,16H,3-5H2,1-2H3. The first kappa shape index (κ1) is 14.0. The maximum absolute atomic E-state index is 13.1. The van der Waals surface area contributed by atoms with Gasteiger partial charge in [0, 0.05) is 19.3 Å². The van der Waals surface area contributed by atoms with Gasteiger partial charge in [-0.25, -0.2) is 13.2 Å². The molecule has 1 unspecified atom stereocenters. The molecule has 5 heteroatoms. The van der Waals surface area contributed by atoms with Gasteiger partial charge in [0.1, 0.15) is 0 Å². The van der Waals surface area contributed by atoms with Gasteiger partial charge in [0.2, 0.25) is 0 Å². The van der Waals surface area contributed by atoms with Gasteiger partial charge < -0.3 is 10.1 Å². The molecule has 0 heterocycles. The number of hydrogen-bond donors (Lipinski definition) is 1. The SMILES string of the molecule is CCOCCC(NC)c1cc(F)c(F)c(F)c1. The van der Waals surface area contributed by atoms with Crippen LogP contribution in [0, 0.1) is 17.5 Å². The number of hydrogen-bond acceptors (Lipinski definition) is 2. The summed E-state index contributed by atoms with van der Waals surface area (Å²) in [6.07, 6.45) is 0.564. The predicted molar refractivity (Wildman–Crippen MR) is 59.2 cm³/mol. The number of rotatable bonds is 6. The van der Waals surface area contributed by atoms with Gasteiger partial charge >= 0.3 is 0 Å². The summed E-state index contributed by atoms with van der Waals surface area (Å²) < 4.78 is 44.1. The minimum absolute atomic E-state index is 0.258. The number of nitrogens with one attached hydrogen (secondary N) is 1. The van der Waals surface area contributed by atoms with Crippen LogP contribution in [-0.2, 0) is 4.74 Å². The van der Waals surface area contributed by atoms with Crippen molar-refractivity contribution >= 4 is 0 Å². The van der Waals surface area contributed by atoms with E-state index in [0.29, 0.717) is 25.2 Å². The van der Waals surface area contributed by atoms with Crippen molar-refractivity contribution in [2.45, 2.75) is 19.4 Å². The van der Waals surface area contributed by atoms with Crippen LogP contribution in [-0.4, -0.2) is 20.3 Å². The smallest absolute Gasteiger partial charge is 0.194 e. The molecule has 1 aromatic carbocycles. The number of halogens is 3. The van der Waals surface area contributed by atoms with E-state index in [2.05, 4.69) is 5.32 Å². The monoisotopic (exact) mass is 247 g/mol. The van der Waals surface area contributed by atoms with Crippen molar-refractivity contribution in [1.82, 2.24) is 5.32 Å². The van der Waals surface area contributed by atoms with Crippen molar-refractivity contribution in [1.29, 1.82) is 0 Å². The van der Waals surface area contributed by atoms with Crippen LogP contribution in [0.25, 0.3) is 0 Å². The molecule has 96 valence electrons. The van der Waals surface area contributed by atoms with Gasteiger partial charge in [-0.1, -0.05) is 0 Å². The molecule has 0 aliphatic carbocycles. The van der Waals surface area contributed by atoms with Gasteiger partial charge in [0.15, 0.2) is 17.5 Å². The lowest BCUT2D eigenvalue weighted by Gasteiger charge is -2.17. The topological polar surface area (TPSA) is 21.3 Å². The highest BCUT2D eigenvalue weighted by atomic mass is 19.2. The minimum atomic E-state index is -1.44. The van der Waals surface area contributed by atoms with Crippen LogP contribution >= 0.6 is 0 Å². The molecule has 0 saturated carbocycles. The van der Waals surface area contributed by atoms with E-state index in [-0.39, 0.29) is 6.04 Å². The fraction of sp³-hybridized carbons (Fsp3) is 0.500. The van der Waals surface area contributed by atoms with E-state index < -0.39 is 17.5 Å². The zero-order valence-electron chi connectivity index (χ0n) is 9.90. The van der Waals surface area contributed by atoms with Gasteiger partial charge in [-0.2, -0.15) is 0 Å². The van der Waals surface area contributed by atoms with Crippen molar-refractivity contribution in [3.8, 4) is 0 Å². The van der Waals surface area contributed by atoms with Crippen molar-refractivity contribution in [2.75, 3.05) is 20.3 Å².